The van der Waals surface area contributed by atoms with Gasteiger partial charge >= 0.3 is 0 Å². The zero-order valence-electron chi connectivity index (χ0n) is 21.4. The highest BCUT2D eigenvalue weighted by Gasteiger charge is 2.42. The van der Waals surface area contributed by atoms with E-state index in [1.165, 1.54) is 56.4 Å². The predicted molar refractivity (Wildman–Crippen MR) is 155 cm³/mol. The Morgan fingerprint density at radius 2 is 1.66 bits per heavy atom. The SMILES string of the molecule is O=c1c2sc(-c3ccc(Cl)cc3)cc2ncn1-c1ccc(O[C@H]2C[C@H]3CC[C@@H](C2)N3CC2CCCC2)cc1. The second kappa shape index (κ2) is 10.1. The van der Waals surface area contributed by atoms with Crippen LogP contribution in [0.3, 0.4) is 0 Å². The van der Waals surface area contributed by atoms with Crippen LogP contribution in [0.25, 0.3) is 26.3 Å². The first-order valence-electron chi connectivity index (χ1n) is 13.9. The number of aromatic nitrogens is 2. The molecule has 0 unspecified atom stereocenters. The summed E-state index contributed by atoms with van der Waals surface area (Å²) in [4.78, 5) is 21.7. The van der Waals surface area contributed by atoms with Gasteiger partial charge < -0.3 is 4.74 Å². The molecule has 3 aliphatic rings. The van der Waals surface area contributed by atoms with Gasteiger partial charge in [-0.1, -0.05) is 36.6 Å². The molecule has 7 heteroatoms. The van der Waals surface area contributed by atoms with Gasteiger partial charge in [-0.2, -0.15) is 0 Å². The Kier molecular flexibility index (Phi) is 6.50. The Hall–Kier alpha value is -2.67. The Bertz CT molecular complexity index is 1480. The van der Waals surface area contributed by atoms with Crippen molar-refractivity contribution in [3.63, 3.8) is 0 Å². The van der Waals surface area contributed by atoms with Crippen molar-refractivity contribution in [2.75, 3.05) is 6.54 Å². The topological polar surface area (TPSA) is 47.4 Å². The van der Waals surface area contributed by atoms with Crippen molar-refractivity contribution in [3.8, 4) is 21.9 Å². The van der Waals surface area contributed by atoms with Gasteiger partial charge in [0.05, 0.1) is 11.2 Å². The van der Waals surface area contributed by atoms with Crippen molar-refractivity contribution in [1.82, 2.24) is 14.5 Å². The lowest BCUT2D eigenvalue weighted by Crippen LogP contribution is -2.47. The van der Waals surface area contributed by atoms with Crippen LogP contribution in [-0.4, -0.2) is 39.2 Å². The second-order valence-corrected chi connectivity index (χ2v) is 12.7. The molecule has 196 valence electrons. The highest BCUT2D eigenvalue weighted by atomic mass is 35.5. The summed E-state index contributed by atoms with van der Waals surface area (Å²) in [7, 11) is 0. The van der Waals surface area contributed by atoms with Gasteiger partial charge in [-0.15, -0.1) is 11.3 Å². The number of ether oxygens (including phenoxy) is 1. The van der Waals surface area contributed by atoms with Crippen LogP contribution in [0.4, 0.5) is 0 Å². The molecule has 4 heterocycles. The lowest BCUT2D eigenvalue weighted by molar-refractivity contribution is 0.0401. The summed E-state index contributed by atoms with van der Waals surface area (Å²) < 4.78 is 8.74. The van der Waals surface area contributed by atoms with Crippen LogP contribution in [0.2, 0.25) is 5.02 Å². The number of hydrogen-bond acceptors (Lipinski definition) is 5. The summed E-state index contributed by atoms with van der Waals surface area (Å²) in [5.74, 6) is 1.80. The Balaban J connectivity index is 1.05. The quantitative estimate of drug-likeness (QED) is 0.254. The second-order valence-electron chi connectivity index (χ2n) is 11.2. The van der Waals surface area contributed by atoms with Gasteiger partial charge in [-0.3, -0.25) is 14.3 Å². The lowest BCUT2D eigenvalue weighted by atomic mass is 9.97. The molecule has 2 bridgehead atoms. The lowest BCUT2D eigenvalue weighted by Gasteiger charge is -2.40. The van der Waals surface area contributed by atoms with Crippen LogP contribution in [0.15, 0.2) is 65.7 Å². The fraction of sp³-hybridized carbons (Fsp3) is 0.419. The molecule has 1 saturated carbocycles. The number of halogens is 1. The van der Waals surface area contributed by atoms with E-state index >= 15 is 0 Å². The Labute approximate surface area is 232 Å². The highest BCUT2D eigenvalue weighted by molar-refractivity contribution is 7.22. The Morgan fingerprint density at radius 1 is 0.947 bits per heavy atom. The minimum Gasteiger partial charge on any atom is -0.490 e. The van der Waals surface area contributed by atoms with E-state index in [4.69, 9.17) is 16.3 Å². The van der Waals surface area contributed by atoms with Crippen LogP contribution >= 0.6 is 22.9 Å². The summed E-state index contributed by atoms with van der Waals surface area (Å²) >= 11 is 7.50. The van der Waals surface area contributed by atoms with Crippen molar-refractivity contribution in [2.24, 2.45) is 5.92 Å². The standard InChI is InChI=1S/C31H32ClN3O2S/c32-22-7-5-21(6-8-22)29-17-28-30(38-29)31(36)35(19-33-28)23-11-13-26(14-12-23)37-27-15-24-9-10-25(16-27)34(24)18-20-3-1-2-4-20/h5-8,11-14,17,19-20,24-25,27H,1-4,9-10,15-16,18H2/t24-,25+,27+. The molecular weight excluding hydrogens is 514 g/mol. The molecule has 0 N–H and O–H groups in total. The van der Waals surface area contributed by atoms with E-state index in [0.29, 0.717) is 21.8 Å². The van der Waals surface area contributed by atoms with Gasteiger partial charge in [0.15, 0.2) is 0 Å². The van der Waals surface area contributed by atoms with E-state index in [9.17, 15) is 4.79 Å². The van der Waals surface area contributed by atoms with Crippen LogP contribution in [0, 0.1) is 5.92 Å². The van der Waals surface area contributed by atoms with Gasteiger partial charge in [0.2, 0.25) is 0 Å². The third kappa shape index (κ3) is 4.67. The number of piperidine rings is 1. The van der Waals surface area contributed by atoms with E-state index in [1.807, 2.05) is 54.6 Å². The maximum absolute atomic E-state index is 13.3. The van der Waals surface area contributed by atoms with Crippen molar-refractivity contribution in [1.29, 1.82) is 0 Å². The zero-order chi connectivity index (χ0) is 25.6. The molecule has 3 fully saturated rings. The van der Waals surface area contributed by atoms with Crippen LogP contribution < -0.4 is 10.3 Å². The van der Waals surface area contributed by atoms with Gasteiger partial charge in [0, 0.05) is 28.5 Å². The molecule has 4 aromatic rings. The number of thiophene rings is 1. The van der Waals surface area contributed by atoms with Gasteiger partial charge in [-0.05, 0) is 92.5 Å². The zero-order valence-corrected chi connectivity index (χ0v) is 23.0. The fourth-order valence-corrected chi connectivity index (χ4v) is 8.01. The van der Waals surface area contributed by atoms with Gasteiger partial charge in [0.25, 0.3) is 5.56 Å². The molecule has 2 aliphatic heterocycles. The number of rotatable bonds is 6. The van der Waals surface area contributed by atoms with Crippen molar-refractivity contribution < 1.29 is 4.74 Å². The molecule has 2 saturated heterocycles. The molecule has 1 aliphatic carbocycles. The summed E-state index contributed by atoms with van der Waals surface area (Å²) in [6.45, 7) is 1.30. The van der Waals surface area contributed by atoms with Gasteiger partial charge in [-0.25, -0.2) is 4.98 Å². The minimum absolute atomic E-state index is 0.0555. The smallest absolute Gasteiger partial charge is 0.275 e. The van der Waals surface area contributed by atoms with Crippen molar-refractivity contribution in [2.45, 2.75) is 69.6 Å². The molecule has 0 spiro atoms. The first-order chi connectivity index (χ1) is 18.6. The molecule has 0 amide bonds. The van der Waals surface area contributed by atoms with E-state index < -0.39 is 0 Å². The van der Waals surface area contributed by atoms with Crippen LogP contribution in [0.1, 0.15) is 51.4 Å². The van der Waals surface area contributed by atoms with Crippen LogP contribution in [-0.2, 0) is 0 Å². The monoisotopic (exact) mass is 545 g/mol. The first-order valence-corrected chi connectivity index (χ1v) is 15.1. The molecule has 5 nitrogen and oxygen atoms in total. The average molecular weight is 546 g/mol. The summed E-state index contributed by atoms with van der Waals surface area (Å²) in [5, 5.41) is 0.694. The summed E-state index contributed by atoms with van der Waals surface area (Å²) in [6.07, 6.45) is 12.5. The molecule has 3 atom stereocenters. The molecule has 7 rings (SSSR count). The number of hydrogen-bond donors (Lipinski definition) is 0. The normalized spacial score (nSPS) is 23.9. The third-order valence-electron chi connectivity index (χ3n) is 8.77. The van der Waals surface area contributed by atoms with E-state index in [2.05, 4.69) is 9.88 Å². The first kappa shape index (κ1) is 24.4. The van der Waals surface area contributed by atoms with Gasteiger partial charge in [0.1, 0.15) is 22.9 Å². The van der Waals surface area contributed by atoms with Crippen molar-refractivity contribution in [3.05, 3.63) is 76.3 Å². The highest BCUT2D eigenvalue weighted by Crippen LogP contribution is 2.39. The summed E-state index contributed by atoms with van der Waals surface area (Å²) in [5.41, 5.74) is 2.49. The van der Waals surface area contributed by atoms with Crippen LogP contribution in [0.5, 0.6) is 5.75 Å². The molecule has 2 aromatic carbocycles. The fourth-order valence-electron chi connectivity index (χ4n) is 6.84. The number of fused-ring (bicyclic) bond motifs is 3. The minimum atomic E-state index is -0.0555. The summed E-state index contributed by atoms with van der Waals surface area (Å²) in [6, 6.07) is 18.9. The largest absolute Gasteiger partial charge is 0.490 e. The van der Waals surface area contributed by atoms with E-state index in [0.717, 1.165) is 46.2 Å². The molecule has 0 radical (unpaired) electrons. The molecule has 38 heavy (non-hydrogen) atoms. The molecular formula is C31H32ClN3O2S. The predicted octanol–water partition coefficient (Wildman–Crippen LogP) is 7.33. The Morgan fingerprint density at radius 3 is 2.37 bits per heavy atom. The maximum Gasteiger partial charge on any atom is 0.275 e. The number of nitrogens with zero attached hydrogens (tertiary/aromatic N) is 3. The van der Waals surface area contributed by atoms with Crippen molar-refractivity contribution >= 4 is 33.2 Å². The number of benzene rings is 2. The molecule has 2 aromatic heterocycles. The van der Waals surface area contributed by atoms with E-state index in [-0.39, 0.29) is 11.7 Å². The maximum atomic E-state index is 13.3. The van der Waals surface area contributed by atoms with E-state index in [1.54, 1.807) is 10.9 Å². The third-order valence-corrected chi connectivity index (χ3v) is 10.2. The average Bonchev–Trinajstić information content (AvgIpc) is 3.65.